The molecule has 1 fully saturated rings. The van der Waals surface area contributed by atoms with Gasteiger partial charge in [-0.05, 0) is 44.4 Å². The standard InChI is InChI=1S/C20H20N4OS2/c1-12-13-11-17(27-20(13)23(2)22-12)19(25)24-10-6-5-8-15(24)18-21-14-7-3-4-9-16(14)26-18/h3-4,7,9,11,15H,5-6,8,10H2,1-2H3. The summed E-state index contributed by atoms with van der Waals surface area (Å²) in [5.74, 6) is 0.125. The van der Waals surface area contributed by atoms with Crippen molar-refractivity contribution >= 4 is 49.0 Å². The predicted molar refractivity (Wildman–Crippen MR) is 111 cm³/mol. The summed E-state index contributed by atoms with van der Waals surface area (Å²) < 4.78 is 3.06. The van der Waals surface area contributed by atoms with Crippen molar-refractivity contribution in [3.05, 3.63) is 45.9 Å². The summed E-state index contributed by atoms with van der Waals surface area (Å²) in [5.41, 5.74) is 2.00. The number of rotatable bonds is 2. The molecular weight excluding hydrogens is 376 g/mol. The van der Waals surface area contributed by atoms with Gasteiger partial charge in [-0.15, -0.1) is 22.7 Å². The van der Waals surface area contributed by atoms with E-state index < -0.39 is 0 Å². The minimum absolute atomic E-state index is 0.0769. The number of carbonyl (C=O) groups is 1. The number of nitrogens with zero attached hydrogens (tertiary/aromatic N) is 4. The lowest BCUT2D eigenvalue weighted by Gasteiger charge is -2.34. The lowest BCUT2D eigenvalue weighted by atomic mass is 10.0. The van der Waals surface area contributed by atoms with Gasteiger partial charge in [-0.2, -0.15) is 5.10 Å². The van der Waals surface area contributed by atoms with Crippen molar-refractivity contribution in [2.75, 3.05) is 6.54 Å². The van der Waals surface area contributed by atoms with E-state index in [1.807, 2.05) is 47.8 Å². The Morgan fingerprint density at radius 3 is 2.89 bits per heavy atom. The molecule has 7 heteroatoms. The Morgan fingerprint density at radius 2 is 2.07 bits per heavy atom. The van der Waals surface area contributed by atoms with E-state index >= 15 is 0 Å². The zero-order chi connectivity index (χ0) is 18.5. The van der Waals surface area contributed by atoms with Crippen molar-refractivity contribution in [2.24, 2.45) is 7.05 Å². The van der Waals surface area contributed by atoms with Crippen molar-refractivity contribution in [2.45, 2.75) is 32.2 Å². The fourth-order valence-corrected chi connectivity index (χ4v) is 6.11. The molecule has 1 aromatic carbocycles. The van der Waals surface area contributed by atoms with Crippen molar-refractivity contribution in [3.8, 4) is 0 Å². The number of para-hydroxylation sites is 1. The number of piperidine rings is 1. The van der Waals surface area contributed by atoms with E-state index in [-0.39, 0.29) is 11.9 Å². The van der Waals surface area contributed by atoms with Gasteiger partial charge < -0.3 is 4.90 Å². The van der Waals surface area contributed by atoms with Crippen LogP contribution in [-0.4, -0.2) is 32.1 Å². The number of carbonyl (C=O) groups excluding carboxylic acids is 1. The van der Waals surface area contributed by atoms with Crippen LogP contribution in [0.1, 0.15) is 45.7 Å². The highest BCUT2D eigenvalue weighted by atomic mass is 32.1. The fourth-order valence-electron chi connectivity index (χ4n) is 3.92. The molecule has 0 radical (unpaired) electrons. The molecule has 4 aromatic rings. The van der Waals surface area contributed by atoms with Gasteiger partial charge in [0.25, 0.3) is 5.91 Å². The fraction of sp³-hybridized carbons (Fsp3) is 0.350. The van der Waals surface area contributed by atoms with Gasteiger partial charge in [0.2, 0.25) is 0 Å². The van der Waals surface area contributed by atoms with Gasteiger partial charge in [0.1, 0.15) is 9.84 Å². The van der Waals surface area contributed by atoms with Crippen LogP contribution in [-0.2, 0) is 7.05 Å². The van der Waals surface area contributed by atoms with Crippen molar-refractivity contribution in [3.63, 3.8) is 0 Å². The van der Waals surface area contributed by atoms with E-state index in [9.17, 15) is 4.79 Å². The zero-order valence-electron chi connectivity index (χ0n) is 15.3. The molecule has 3 aromatic heterocycles. The molecule has 1 saturated heterocycles. The van der Waals surface area contributed by atoms with Crippen LogP contribution < -0.4 is 0 Å². The zero-order valence-corrected chi connectivity index (χ0v) is 16.9. The molecule has 4 heterocycles. The number of thiophene rings is 1. The lowest BCUT2D eigenvalue weighted by Crippen LogP contribution is -2.38. The summed E-state index contributed by atoms with van der Waals surface area (Å²) in [6.07, 6.45) is 3.18. The van der Waals surface area contributed by atoms with Gasteiger partial charge in [0.05, 0.1) is 26.8 Å². The first-order chi connectivity index (χ1) is 13.1. The quantitative estimate of drug-likeness (QED) is 0.483. The van der Waals surface area contributed by atoms with E-state index in [0.29, 0.717) is 0 Å². The second-order valence-electron chi connectivity index (χ2n) is 7.07. The molecule has 0 N–H and O–H groups in total. The summed E-state index contributed by atoms with van der Waals surface area (Å²) in [5, 5.41) is 6.59. The molecule has 1 amide bonds. The maximum atomic E-state index is 13.4. The molecule has 5 nitrogen and oxygen atoms in total. The smallest absolute Gasteiger partial charge is 0.264 e. The van der Waals surface area contributed by atoms with Crippen molar-refractivity contribution < 1.29 is 4.79 Å². The van der Waals surface area contributed by atoms with Crippen LogP contribution in [0.2, 0.25) is 0 Å². The summed E-state index contributed by atoms with van der Waals surface area (Å²) in [4.78, 5) is 22.1. The minimum Gasteiger partial charge on any atom is -0.328 e. The van der Waals surface area contributed by atoms with Crippen LogP contribution in [0.15, 0.2) is 30.3 Å². The largest absolute Gasteiger partial charge is 0.328 e. The van der Waals surface area contributed by atoms with Gasteiger partial charge in [0, 0.05) is 19.0 Å². The van der Waals surface area contributed by atoms with E-state index in [2.05, 4.69) is 11.2 Å². The first-order valence-corrected chi connectivity index (χ1v) is 10.8. The third-order valence-corrected chi connectivity index (χ3v) is 7.59. The van der Waals surface area contributed by atoms with Crippen molar-refractivity contribution in [1.82, 2.24) is 19.7 Å². The Balaban J connectivity index is 1.52. The highest BCUT2D eigenvalue weighted by molar-refractivity contribution is 7.20. The number of hydrogen-bond donors (Lipinski definition) is 0. The van der Waals surface area contributed by atoms with Crippen LogP contribution in [0.3, 0.4) is 0 Å². The summed E-state index contributed by atoms with van der Waals surface area (Å²) in [7, 11) is 1.94. The molecule has 1 aliphatic rings. The Hall–Kier alpha value is -2.25. The van der Waals surface area contributed by atoms with Gasteiger partial charge >= 0.3 is 0 Å². The number of hydrogen-bond acceptors (Lipinski definition) is 5. The SMILES string of the molecule is Cc1nn(C)c2sc(C(=O)N3CCCCC3c3nc4ccccc4s3)cc12. The molecule has 1 unspecified atom stereocenters. The molecule has 27 heavy (non-hydrogen) atoms. The Labute approximate surface area is 165 Å². The van der Waals surface area contributed by atoms with Gasteiger partial charge in [-0.25, -0.2) is 4.98 Å². The van der Waals surface area contributed by atoms with E-state index in [1.54, 1.807) is 22.7 Å². The highest BCUT2D eigenvalue weighted by Crippen LogP contribution is 2.38. The van der Waals surface area contributed by atoms with Gasteiger partial charge in [-0.3, -0.25) is 9.48 Å². The second kappa shape index (κ2) is 6.42. The molecular formula is C20H20N4OS2. The molecule has 1 atom stereocenters. The number of likely N-dealkylation sites (tertiary alicyclic amines) is 1. The maximum Gasteiger partial charge on any atom is 0.264 e. The van der Waals surface area contributed by atoms with Crippen LogP contribution in [0, 0.1) is 6.92 Å². The van der Waals surface area contributed by atoms with Gasteiger partial charge in [0.15, 0.2) is 0 Å². The van der Waals surface area contributed by atoms with Crippen molar-refractivity contribution in [1.29, 1.82) is 0 Å². The predicted octanol–water partition coefficient (Wildman–Crippen LogP) is 4.92. The summed E-state index contributed by atoms with van der Waals surface area (Å²) in [6, 6.07) is 10.3. The number of amides is 1. The second-order valence-corrected chi connectivity index (χ2v) is 9.16. The van der Waals surface area contributed by atoms with Crippen LogP contribution in [0.25, 0.3) is 20.4 Å². The molecule has 5 rings (SSSR count). The number of aromatic nitrogens is 3. The van der Waals surface area contributed by atoms with E-state index in [4.69, 9.17) is 4.98 Å². The summed E-state index contributed by atoms with van der Waals surface area (Å²) >= 11 is 3.26. The van der Waals surface area contributed by atoms with Crippen LogP contribution in [0.5, 0.6) is 0 Å². The molecule has 0 aliphatic carbocycles. The minimum atomic E-state index is 0.0769. The number of fused-ring (bicyclic) bond motifs is 2. The molecule has 0 bridgehead atoms. The number of thiazole rings is 1. The van der Waals surface area contributed by atoms with E-state index in [1.165, 1.54) is 4.70 Å². The molecule has 1 aliphatic heterocycles. The Kier molecular flexibility index (Phi) is 4.02. The molecule has 0 saturated carbocycles. The first kappa shape index (κ1) is 16.9. The lowest BCUT2D eigenvalue weighted by molar-refractivity contribution is 0.0616. The topological polar surface area (TPSA) is 51.0 Å². The number of aryl methyl sites for hydroxylation is 2. The number of benzene rings is 1. The van der Waals surface area contributed by atoms with Gasteiger partial charge in [-0.1, -0.05) is 12.1 Å². The highest BCUT2D eigenvalue weighted by Gasteiger charge is 2.32. The third-order valence-electron chi connectivity index (χ3n) is 5.27. The normalized spacial score (nSPS) is 17.9. The monoisotopic (exact) mass is 396 g/mol. The average molecular weight is 397 g/mol. The Bertz CT molecular complexity index is 1090. The molecule has 138 valence electrons. The van der Waals surface area contributed by atoms with E-state index in [0.717, 1.165) is 57.1 Å². The maximum absolute atomic E-state index is 13.4. The third kappa shape index (κ3) is 2.76. The molecule has 0 spiro atoms. The Morgan fingerprint density at radius 1 is 1.22 bits per heavy atom. The average Bonchev–Trinajstić information content (AvgIpc) is 3.37. The van der Waals surface area contributed by atoms with Crippen LogP contribution >= 0.6 is 22.7 Å². The summed E-state index contributed by atoms with van der Waals surface area (Å²) in [6.45, 7) is 2.79. The first-order valence-electron chi connectivity index (χ1n) is 9.21. The van der Waals surface area contributed by atoms with Crippen LogP contribution in [0.4, 0.5) is 0 Å².